The molecule has 1 fully saturated rings. The van der Waals surface area contributed by atoms with Crippen LogP contribution in [0.1, 0.15) is 31.9 Å². The van der Waals surface area contributed by atoms with Gasteiger partial charge in [0.2, 0.25) is 0 Å². The Morgan fingerprint density at radius 1 is 1.24 bits per heavy atom. The maximum absolute atomic E-state index is 12.3. The molecule has 1 aromatic rings. The standard InChI is InChI=1S/C15H24N2O3S/c1-12-8-13(2)11-17(10-12)21(19,20)16-9-15(18)14-6-4-3-5-7-14/h3-7,12-13,15-16,18H,8-11H2,1-2H3. The Kier molecular flexibility index (Phi) is 5.37. The molecule has 3 atom stereocenters. The molecule has 0 aliphatic carbocycles. The summed E-state index contributed by atoms with van der Waals surface area (Å²) in [5, 5.41) is 10.0. The molecule has 1 aromatic carbocycles. The van der Waals surface area contributed by atoms with Gasteiger partial charge in [0.05, 0.1) is 6.10 Å². The Morgan fingerprint density at radius 2 is 1.81 bits per heavy atom. The Bertz CT molecular complexity index is 537. The quantitative estimate of drug-likeness (QED) is 0.866. The van der Waals surface area contributed by atoms with Crippen molar-refractivity contribution in [1.29, 1.82) is 0 Å². The highest BCUT2D eigenvalue weighted by molar-refractivity contribution is 7.87. The Morgan fingerprint density at radius 3 is 2.38 bits per heavy atom. The number of hydrogen-bond donors (Lipinski definition) is 2. The summed E-state index contributed by atoms with van der Waals surface area (Å²) in [6.45, 7) is 5.21. The van der Waals surface area contributed by atoms with E-state index in [1.807, 2.05) is 18.2 Å². The molecule has 0 bridgehead atoms. The van der Waals surface area contributed by atoms with E-state index in [0.717, 1.165) is 6.42 Å². The molecule has 2 rings (SSSR count). The lowest BCUT2D eigenvalue weighted by molar-refractivity contribution is 0.178. The summed E-state index contributed by atoms with van der Waals surface area (Å²) < 4.78 is 28.6. The second kappa shape index (κ2) is 6.87. The SMILES string of the molecule is CC1CC(C)CN(S(=O)(=O)NCC(O)c2ccccc2)C1. The number of rotatable bonds is 5. The number of benzene rings is 1. The number of aliphatic hydroxyl groups excluding tert-OH is 1. The van der Waals surface area contributed by atoms with E-state index in [1.165, 1.54) is 4.31 Å². The van der Waals surface area contributed by atoms with Gasteiger partial charge in [-0.1, -0.05) is 44.2 Å². The molecule has 1 aliphatic heterocycles. The number of nitrogens with one attached hydrogen (secondary N) is 1. The van der Waals surface area contributed by atoms with Crippen molar-refractivity contribution in [2.24, 2.45) is 11.8 Å². The number of piperidine rings is 1. The number of hydrogen-bond acceptors (Lipinski definition) is 3. The Labute approximate surface area is 127 Å². The molecule has 1 saturated heterocycles. The van der Waals surface area contributed by atoms with Crippen LogP contribution in [0.25, 0.3) is 0 Å². The summed E-state index contributed by atoms with van der Waals surface area (Å²) in [6, 6.07) is 9.06. The highest BCUT2D eigenvalue weighted by Gasteiger charge is 2.30. The van der Waals surface area contributed by atoms with E-state index < -0.39 is 16.3 Å². The minimum absolute atomic E-state index is 0.00832. The lowest BCUT2D eigenvalue weighted by atomic mass is 9.94. The molecule has 5 nitrogen and oxygen atoms in total. The van der Waals surface area contributed by atoms with Gasteiger partial charge in [0.1, 0.15) is 0 Å². The first-order valence-corrected chi connectivity index (χ1v) is 8.80. The third-order valence-electron chi connectivity index (χ3n) is 3.82. The van der Waals surface area contributed by atoms with Crippen molar-refractivity contribution in [1.82, 2.24) is 9.03 Å². The van der Waals surface area contributed by atoms with Crippen molar-refractivity contribution in [3.05, 3.63) is 35.9 Å². The molecule has 0 amide bonds. The third kappa shape index (κ3) is 4.51. The highest BCUT2D eigenvalue weighted by Crippen LogP contribution is 2.22. The summed E-state index contributed by atoms with van der Waals surface area (Å²) in [5.74, 6) is 0.730. The van der Waals surface area contributed by atoms with E-state index in [9.17, 15) is 13.5 Å². The fourth-order valence-electron chi connectivity index (χ4n) is 2.87. The second-order valence-electron chi connectivity index (χ2n) is 6.04. The summed E-state index contributed by atoms with van der Waals surface area (Å²) in [5.41, 5.74) is 0.709. The second-order valence-corrected chi connectivity index (χ2v) is 7.80. The Balaban J connectivity index is 1.95. The average Bonchev–Trinajstić information content (AvgIpc) is 2.45. The molecular formula is C15H24N2O3S. The van der Waals surface area contributed by atoms with Crippen LogP contribution in [0.15, 0.2) is 30.3 Å². The zero-order chi connectivity index (χ0) is 15.5. The van der Waals surface area contributed by atoms with Crippen molar-refractivity contribution in [2.75, 3.05) is 19.6 Å². The van der Waals surface area contributed by atoms with Gasteiger partial charge < -0.3 is 5.11 Å². The van der Waals surface area contributed by atoms with Gasteiger partial charge in [-0.15, -0.1) is 0 Å². The summed E-state index contributed by atoms with van der Waals surface area (Å²) in [7, 11) is -3.53. The van der Waals surface area contributed by atoms with Crippen LogP contribution in [0.5, 0.6) is 0 Å². The Hall–Kier alpha value is -0.950. The number of nitrogens with zero attached hydrogens (tertiary/aromatic N) is 1. The average molecular weight is 312 g/mol. The first kappa shape index (κ1) is 16.4. The first-order valence-electron chi connectivity index (χ1n) is 7.36. The van der Waals surface area contributed by atoms with Crippen molar-refractivity contribution >= 4 is 10.2 Å². The molecule has 118 valence electrons. The number of aliphatic hydroxyl groups is 1. The topological polar surface area (TPSA) is 69.6 Å². The molecular weight excluding hydrogens is 288 g/mol. The van der Waals surface area contributed by atoms with Gasteiger partial charge in [-0.2, -0.15) is 17.4 Å². The molecule has 0 aromatic heterocycles. The molecule has 21 heavy (non-hydrogen) atoms. The molecule has 0 radical (unpaired) electrons. The van der Waals surface area contributed by atoms with Crippen LogP contribution < -0.4 is 4.72 Å². The fraction of sp³-hybridized carbons (Fsp3) is 0.600. The van der Waals surface area contributed by atoms with E-state index >= 15 is 0 Å². The maximum atomic E-state index is 12.3. The first-order chi connectivity index (χ1) is 9.88. The van der Waals surface area contributed by atoms with Gasteiger partial charge >= 0.3 is 0 Å². The zero-order valence-electron chi connectivity index (χ0n) is 12.6. The molecule has 0 saturated carbocycles. The van der Waals surface area contributed by atoms with Crippen LogP contribution in [-0.2, 0) is 10.2 Å². The molecule has 1 aliphatic rings. The smallest absolute Gasteiger partial charge is 0.279 e. The molecule has 1 heterocycles. The van der Waals surface area contributed by atoms with Crippen molar-refractivity contribution in [2.45, 2.75) is 26.4 Å². The van der Waals surface area contributed by atoms with Gasteiger partial charge in [-0.3, -0.25) is 0 Å². The van der Waals surface area contributed by atoms with Crippen molar-refractivity contribution in [3.63, 3.8) is 0 Å². The largest absolute Gasteiger partial charge is 0.387 e. The summed E-state index contributed by atoms with van der Waals surface area (Å²) in [6.07, 6.45) is 0.221. The lowest BCUT2D eigenvalue weighted by Crippen LogP contribution is -2.48. The van der Waals surface area contributed by atoms with Crippen LogP contribution >= 0.6 is 0 Å². The third-order valence-corrected chi connectivity index (χ3v) is 5.33. The van der Waals surface area contributed by atoms with E-state index in [4.69, 9.17) is 0 Å². The summed E-state index contributed by atoms with van der Waals surface area (Å²) >= 11 is 0. The molecule has 0 spiro atoms. The predicted octanol–water partition coefficient (Wildman–Crippen LogP) is 1.53. The fourth-order valence-corrected chi connectivity index (χ4v) is 4.32. The van der Waals surface area contributed by atoms with Gasteiger partial charge in [0, 0.05) is 19.6 Å². The highest BCUT2D eigenvalue weighted by atomic mass is 32.2. The van der Waals surface area contributed by atoms with Gasteiger partial charge in [0.25, 0.3) is 10.2 Å². The minimum Gasteiger partial charge on any atom is -0.387 e. The van der Waals surface area contributed by atoms with E-state index in [2.05, 4.69) is 18.6 Å². The molecule has 6 heteroatoms. The van der Waals surface area contributed by atoms with Crippen LogP contribution in [0, 0.1) is 11.8 Å². The van der Waals surface area contributed by atoms with E-state index in [-0.39, 0.29) is 6.54 Å². The van der Waals surface area contributed by atoms with Gasteiger partial charge in [-0.05, 0) is 23.8 Å². The van der Waals surface area contributed by atoms with Gasteiger partial charge in [0.15, 0.2) is 0 Å². The van der Waals surface area contributed by atoms with E-state index in [1.54, 1.807) is 12.1 Å². The van der Waals surface area contributed by atoms with E-state index in [0.29, 0.717) is 30.5 Å². The monoisotopic (exact) mass is 312 g/mol. The minimum atomic E-state index is -3.53. The zero-order valence-corrected chi connectivity index (χ0v) is 13.4. The molecule has 2 N–H and O–H groups in total. The van der Waals surface area contributed by atoms with Crippen LogP contribution in [0.4, 0.5) is 0 Å². The van der Waals surface area contributed by atoms with Crippen LogP contribution in [0.2, 0.25) is 0 Å². The lowest BCUT2D eigenvalue weighted by Gasteiger charge is -2.34. The van der Waals surface area contributed by atoms with Crippen LogP contribution in [-0.4, -0.2) is 37.5 Å². The van der Waals surface area contributed by atoms with Crippen molar-refractivity contribution < 1.29 is 13.5 Å². The van der Waals surface area contributed by atoms with Gasteiger partial charge in [-0.25, -0.2) is 0 Å². The predicted molar refractivity (Wildman–Crippen MR) is 82.8 cm³/mol. The van der Waals surface area contributed by atoms with Crippen molar-refractivity contribution in [3.8, 4) is 0 Å². The molecule has 3 unspecified atom stereocenters. The summed E-state index contributed by atoms with van der Waals surface area (Å²) in [4.78, 5) is 0. The maximum Gasteiger partial charge on any atom is 0.279 e. The normalized spacial score (nSPS) is 25.7. The van der Waals surface area contributed by atoms with Crippen LogP contribution in [0.3, 0.4) is 0 Å².